The Bertz CT molecular complexity index is 1190. The molecular formula is C18H18FN7OS2. The summed E-state index contributed by atoms with van der Waals surface area (Å²) in [5, 5.41) is 9.46. The Balaban J connectivity index is 1.45. The highest BCUT2D eigenvalue weighted by molar-refractivity contribution is 7.98. The number of rotatable bonds is 6. The van der Waals surface area contributed by atoms with Crippen LogP contribution in [0.4, 0.5) is 10.2 Å². The average Bonchev–Trinajstić information content (AvgIpc) is 3.19. The quantitative estimate of drug-likeness (QED) is 0.353. The van der Waals surface area contributed by atoms with Gasteiger partial charge in [0.1, 0.15) is 23.1 Å². The number of hydrogen-bond acceptors (Lipinski definition) is 9. The summed E-state index contributed by atoms with van der Waals surface area (Å²) in [6.45, 7) is 4.05. The molecule has 0 unspecified atom stereocenters. The molecular weight excluding hydrogens is 413 g/mol. The van der Waals surface area contributed by atoms with Gasteiger partial charge in [-0.15, -0.1) is 21.5 Å². The van der Waals surface area contributed by atoms with E-state index >= 15 is 0 Å². The molecule has 0 spiro atoms. The van der Waals surface area contributed by atoms with Gasteiger partial charge < -0.3 is 16.3 Å². The van der Waals surface area contributed by atoms with Crippen LogP contribution in [0.25, 0.3) is 10.2 Å². The molecule has 0 atom stereocenters. The zero-order valence-corrected chi connectivity index (χ0v) is 17.4. The first-order chi connectivity index (χ1) is 13.9. The van der Waals surface area contributed by atoms with Gasteiger partial charge in [-0.2, -0.15) is 0 Å². The van der Waals surface area contributed by atoms with Gasteiger partial charge in [0.05, 0.1) is 11.1 Å². The van der Waals surface area contributed by atoms with E-state index in [0.717, 1.165) is 15.8 Å². The number of halogens is 1. The Kier molecular flexibility index (Phi) is 5.24. The van der Waals surface area contributed by atoms with Crippen molar-refractivity contribution in [3.8, 4) is 5.75 Å². The number of benzene rings is 1. The van der Waals surface area contributed by atoms with Crippen LogP contribution in [0.3, 0.4) is 0 Å². The summed E-state index contributed by atoms with van der Waals surface area (Å²) >= 11 is 2.93. The minimum Gasteiger partial charge on any atom is -0.482 e. The summed E-state index contributed by atoms with van der Waals surface area (Å²) in [6.07, 6.45) is 0. The SMILES string of the molecule is Cc1sc2nc(CSc3nnc(COc4ccccc4F)n3N)nc(N)c2c1C. The molecule has 8 nitrogen and oxygen atoms in total. The lowest BCUT2D eigenvalue weighted by Gasteiger charge is -2.07. The normalized spacial score (nSPS) is 11.3. The third-order valence-corrected chi connectivity index (χ3v) is 6.40. The van der Waals surface area contributed by atoms with Crippen molar-refractivity contribution >= 4 is 39.1 Å². The molecule has 1 aromatic carbocycles. The van der Waals surface area contributed by atoms with E-state index in [-0.39, 0.29) is 12.4 Å². The Hall–Kier alpha value is -2.92. The first-order valence-corrected chi connectivity index (χ1v) is 10.5. The van der Waals surface area contributed by atoms with Gasteiger partial charge >= 0.3 is 0 Å². The second kappa shape index (κ2) is 7.84. The van der Waals surface area contributed by atoms with Crippen molar-refractivity contribution in [2.24, 2.45) is 0 Å². The molecule has 0 fully saturated rings. The van der Waals surface area contributed by atoms with E-state index in [1.54, 1.807) is 23.5 Å². The zero-order chi connectivity index (χ0) is 20.5. The van der Waals surface area contributed by atoms with E-state index in [4.69, 9.17) is 16.3 Å². The molecule has 11 heteroatoms. The molecule has 0 amide bonds. The number of nitrogens with two attached hydrogens (primary N) is 2. The number of aromatic nitrogens is 5. The molecule has 3 aromatic heterocycles. The Morgan fingerprint density at radius 3 is 2.79 bits per heavy atom. The van der Waals surface area contributed by atoms with E-state index in [0.29, 0.717) is 28.4 Å². The number of aryl methyl sites for hydroxylation is 2. The van der Waals surface area contributed by atoms with Crippen molar-refractivity contribution in [2.75, 3.05) is 11.6 Å². The number of nitrogens with zero attached hydrogens (tertiary/aromatic N) is 5. The molecule has 0 aliphatic carbocycles. The van der Waals surface area contributed by atoms with Gasteiger partial charge in [0.25, 0.3) is 0 Å². The Morgan fingerprint density at radius 2 is 2.00 bits per heavy atom. The molecule has 0 aliphatic heterocycles. The van der Waals surface area contributed by atoms with Crippen LogP contribution < -0.4 is 16.3 Å². The molecule has 4 aromatic rings. The fraction of sp³-hybridized carbons (Fsp3) is 0.222. The molecule has 0 radical (unpaired) electrons. The third kappa shape index (κ3) is 3.83. The molecule has 0 saturated heterocycles. The fourth-order valence-corrected chi connectivity index (χ4v) is 4.51. The second-order valence-corrected chi connectivity index (χ2v) is 8.41. The summed E-state index contributed by atoms with van der Waals surface area (Å²) < 4.78 is 20.4. The molecule has 0 bridgehead atoms. The maximum Gasteiger partial charge on any atom is 0.210 e. The largest absolute Gasteiger partial charge is 0.482 e. The Labute approximate surface area is 174 Å². The van der Waals surface area contributed by atoms with E-state index in [1.165, 1.54) is 33.4 Å². The molecule has 150 valence electrons. The van der Waals surface area contributed by atoms with E-state index in [2.05, 4.69) is 20.2 Å². The molecule has 4 N–H and O–H groups in total. The minimum atomic E-state index is -0.450. The molecule has 4 rings (SSSR count). The van der Waals surface area contributed by atoms with Gasteiger partial charge in [-0.05, 0) is 31.5 Å². The number of thiophene rings is 1. The van der Waals surface area contributed by atoms with Crippen molar-refractivity contribution in [2.45, 2.75) is 31.4 Å². The lowest BCUT2D eigenvalue weighted by molar-refractivity contribution is 0.277. The second-order valence-electron chi connectivity index (χ2n) is 6.27. The summed E-state index contributed by atoms with van der Waals surface area (Å²) in [7, 11) is 0. The topological polar surface area (TPSA) is 118 Å². The van der Waals surface area contributed by atoms with Crippen molar-refractivity contribution in [3.63, 3.8) is 0 Å². The average molecular weight is 432 g/mol. The number of para-hydroxylation sites is 1. The van der Waals surface area contributed by atoms with Gasteiger partial charge in [0.15, 0.2) is 17.4 Å². The summed E-state index contributed by atoms with van der Waals surface area (Å²) in [6, 6.07) is 6.14. The number of anilines is 1. The highest BCUT2D eigenvalue weighted by Crippen LogP contribution is 2.32. The summed E-state index contributed by atoms with van der Waals surface area (Å²) in [5.41, 5.74) is 7.24. The van der Waals surface area contributed by atoms with Gasteiger partial charge in [0.2, 0.25) is 5.16 Å². The minimum absolute atomic E-state index is 0.00580. The van der Waals surface area contributed by atoms with Gasteiger partial charge in [-0.1, -0.05) is 23.9 Å². The van der Waals surface area contributed by atoms with Crippen molar-refractivity contribution in [1.82, 2.24) is 24.8 Å². The maximum absolute atomic E-state index is 13.7. The highest BCUT2D eigenvalue weighted by Gasteiger charge is 2.15. The van der Waals surface area contributed by atoms with Crippen LogP contribution in [0.2, 0.25) is 0 Å². The molecule has 0 saturated carbocycles. The number of nitrogen functional groups attached to an aromatic ring is 2. The van der Waals surface area contributed by atoms with Crippen molar-refractivity contribution in [1.29, 1.82) is 0 Å². The van der Waals surface area contributed by atoms with Crippen LogP contribution in [0, 0.1) is 19.7 Å². The number of thioether (sulfide) groups is 1. The first kappa shape index (κ1) is 19.4. The molecule has 0 aliphatic rings. The maximum atomic E-state index is 13.7. The summed E-state index contributed by atoms with van der Waals surface area (Å²) in [4.78, 5) is 11.0. The molecule has 3 heterocycles. The van der Waals surface area contributed by atoms with Crippen LogP contribution >= 0.6 is 23.1 Å². The number of fused-ring (bicyclic) bond motifs is 1. The molecule has 29 heavy (non-hydrogen) atoms. The predicted molar refractivity (Wildman–Crippen MR) is 112 cm³/mol. The predicted octanol–water partition coefficient (Wildman–Crippen LogP) is 3.21. The van der Waals surface area contributed by atoms with Crippen LogP contribution in [0.5, 0.6) is 5.75 Å². The van der Waals surface area contributed by atoms with Crippen LogP contribution in [-0.2, 0) is 12.4 Å². The summed E-state index contributed by atoms with van der Waals surface area (Å²) in [5.74, 6) is 7.59. The lowest BCUT2D eigenvalue weighted by atomic mass is 10.2. The third-order valence-electron chi connectivity index (χ3n) is 4.36. The van der Waals surface area contributed by atoms with Gasteiger partial charge in [0, 0.05) is 4.88 Å². The van der Waals surface area contributed by atoms with Crippen LogP contribution in [0.15, 0.2) is 29.4 Å². The number of ether oxygens (including phenoxy) is 1. The van der Waals surface area contributed by atoms with E-state index in [9.17, 15) is 4.39 Å². The lowest BCUT2D eigenvalue weighted by Crippen LogP contribution is -2.16. The van der Waals surface area contributed by atoms with Crippen LogP contribution in [-0.4, -0.2) is 24.8 Å². The van der Waals surface area contributed by atoms with Crippen LogP contribution in [0.1, 0.15) is 22.1 Å². The van der Waals surface area contributed by atoms with Gasteiger partial charge in [-0.3, -0.25) is 0 Å². The van der Waals surface area contributed by atoms with E-state index < -0.39 is 5.82 Å². The van der Waals surface area contributed by atoms with Crippen molar-refractivity contribution in [3.05, 3.63) is 52.2 Å². The standard InChI is InChI=1S/C18H18FN7OS2/c1-9-10(2)29-17-15(9)16(20)22-13(23-17)8-28-18-25-24-14(26(18)21)7-27-12-6-4-3-5-11(12)19/h3-6H,7-8,21H2,1-2H3,(H2,20,22,23). The van der Waals surface area contributed by atoms with Gasteiger partial charge in [-0.25, -0.2) is 19.0 Å². The van der Waals surface area contributed by atoms with E-state index in [1.807, 2.05) is 13.8 Å². The fourth-order valence-electron chi connectivity index (χ4n) is 2.73. The number of hydrogen-bond donors (Lipinski definition) is 2. The van der Waals surface area contributed by atoms with Crippen molar-refractivity contribution < 1.29 is 9.13 Å². The first-order valence-electron chi connectivity index (χ1n) is 8.65. The Morgan fingerprint density at radius 1 is 1.21 bits per heavy atom. The monoisotopic (exact) mass is 431 g/mol. The highest BCUT2D eigenvalue weighted by atomic mass is 32.2. The zero-order valence-electron chi connectivity index (χ0n) is 15.7. The smallest absolute Gasteiger partial charge is 0.210 e.